The maximum atomic E-state index is 11.1. The minimum Gasteiger partial charge on any atom is -0.748 e. The monoisotopic (exact) mass is 523 g/mol. The molecular weight excluding hydrogens is 506 g/mol. The molecule has 4 rings (SSSR count). The van der Waals surface area contributed by atoms with Crippen LogP contribution in [0.1, 0.15) is 17.0 Å². The highest BCUT2D eigenvalue weighted by atomic mass is 79.9. The Bertz CT molecular complexity index is 1340. The van der Waals surface area contributed by atoms with Crippen molar-refractivity contribution in [2.24, 2.45) is 0 Å². The summed E-state index contributed by atoms with van der Waals surface area (Å²) in [7, 11) is -2.58. The number of thiophene rings is 1. The second-order valence-electron chi connectivity index (χ2n) is 6.68. The van der Waals surface area contributed by atoms with E-state index in [0.29, 0.717) is 6.54 Å². The Hall–Kier alpha value is -1.78. The molecule has 0 unspecified atom stereocenters. The molecule has 2 heterocycles. The minimum absolute atomic E-state index is 0.264. The lowest BCUT2D eigenvalue weighted by atomic mass is 10.2. The highest BCUT2D eigenvalue weighted by Gasteiger charge is 2.24. The van der Waals surface area contributed by atoms with Crippen LogP contribution < -0.4 is 9.30 Å². The number of fused-ring (bicyclic) bond motifs is 3. The van der Waals surface area contributed by atoms with Crippen molar-refractivity contribution in [2.45, 2.75) is 13.0 Å². The Morgan fingerprint density at radius 2 is 1.97 bits per heavy atom. The van der Waals surface area contributed by atoms with Gasteiger partial charge in [-0.05, 0) is 35.2 Å². The van der Waals surface area contributed by atoms with E-state index >= 15 is 0 Å². The lowest BCUT2D eigenvalue weighted by molar-refractivity contribution is -0.667. The molecule has 4 aromatic rings. The maximum absolute atomic E-state index is 11.1. The van der Waals surface area contributed by atoms with Crippen molar-refractivity contribution < 1.29 is 22.3 Å². The van der Waals surface area contributed by atoms with Crippen LogP contribution >= 0.6 is 38.6 Å². The van der Waals surface area contributed by atoms with E-state index in [1.807, 2.05) is 53.9 Å². The van der Waals surface area contributed by atoms with Gasteiger partial charge in [-0.1, -0.05) is 39.4 Å². The van der Waals surface area contributed by atoms with Gasteiger partial charge in [0.15, 0.2) is 6.54 Å². The molecule has 0 bridgehead atoms. The normalized spacial score (nSPS) is 12.4. The number of methoxy groups -OCH3 is 1. The molecule has 0 saturated heterocycles. The summed E-state index contributed by atoms with van der Waals surface area (Å²) in [4.78, 5) is 0. The zero-order valence-electron chi connectivity index (χ0n) is 16.0. The van der Waals surface area contributed by atoms with E-state index in [9.17, 15) is 13.0 Å². The van der Waals surface area contributed by atoms with Crippen molar-refractivity contribution in [1.82, 2.24) is 0 Å². The fraction of sp³-hybridized carbons (Fsp3) is 0.190. The molecular formula is C21H18BrNO4S3. The van der Waals surface area contributed by atoms with Gasteiger partial charge in [0.1, 0.15) is 15.1 Å². The van der Waals surface area contributed by atoms with Gasteiger partial charge in [-0.3, -0.25) is 0 Å². The Morgan fingerprint density at radius 1 is 1.20 bits per heavy atom. The van der Waals surface area contributed by atoms with Crippen LogP contribution in [0.3, 0.4) is 0 Å². The summed E-state index contributed by atoms with van der Waals surface area (Å²) >= 11 is 6.69. The number of hydrogen-bond donors (Lipinski definition) is 0. The lowest BCUT2D eigenvalue weighted by Crippen LogP contribution is -2.36. The summed E-state index contributed by atoms with van der Waals surface area (Å²) < 4.78 is 44.2. The van der Waals surface area contributed by atoms with Crippen molar-refractivity contribution >= 4 is 81.2 Å². The Kier molecular flexibility index (Phi) is 6.26. The summed E-state index contributed by atoms with van der Waals surface area (Å²) in [6.07, 6.45) is 4.33. The first-order valence-electron chi connectivity index (χ1n) is 9.13. The average Bonchev–Trinajstić information content (AvgIpc) is 3.30. The van der Waals surface area contributed by atoms with E-state index in [-0.39, 0.29) is 12.2 Å². The van der Waals surface area contributed by atoms with E-state index in [1.54, 1.807) is 29.8 Å². The van der Waals surface area contributed by atoms with Gasteiger partial charge in [0.2, 0.25) is 5.52 Å². The fourth-order valence-electron chi connectivity index (χ4n) is 3.33. The first-order valence-corrected chi connectivity index (χ1v) is 13.2. The fourth-order valence-corrected chi connectivity index (χ4v) is 6.24. The molecule has 0 radical (unpaired) electrons. The highest BCUT2D eigenvalue weighted by molar-refractivity contribution is 9.10. The van der Waals surface area contributed by atoms with Gasteiger partial charge >= 0.3 is 0 Å². The molecule has 0 N–H and O–H groups in total. The number of hydrogen-bond acceptors (Lipinski definition) is 6. The molecule has 0 saturated carbocycles. The highest BCUT2D eigenvalue weighted by Crippen LogP contribution is 2.38. The van der Waals surface area contributed by atoms with Gasteiger partial charge < -0.3 is 9.29 Å². The maximum Gasteiger partial charge on any atom is 0.262 e. The number of rotatable bonds is 7. The summed E-state index contributed by atoms with van der Waals surface area (Å²) in [5.74, 6) is 0.439. The number of aromatic nitrogens is 1. The van der Waals surface area contributed by atoms with Crippen molar-refractivity contribution in [1.29, 1.82) is 0 Å². The molecule has 0 aliphatic carbocycles. The quantitative estimate of drug-likeness (QED) is 0.244. The van der Waals surface area contributed by atoms with Gasteiger partial charge in [0.25, 0.3) is 5.01 Å². The standard InChI is InChI=1S/C21H18BrNO4S3/c1-27-17-13-18-20(21-16(17)9-11-28-21)23(10-2-12-30(24,25)26)19(29-18)8-5-14-3-6-15(22)7-4-14/h3-9,11,13H,2,10,12H2,1H3. The predicted molar refractivity (Wildman–Crippen MR) is 126 cm³/mol. The summed E-state index contributed by atoms with van der Waals surface area (Å²) in [5.41, 5.74) is 2.10. The zero-order valence-corrected chi connectivity index (χ0v) is 20.0. The molecule has 9 heteroatoms. The third-order valence-electron chi connectivity index (χ3n) is 4.68. The van der Waals surface area contributed by atoms with E-state index in [0.717, 1.165) is 41.1 Å². The number of nitrogens with zero attached hydrogens (tertiary/aromatic N) is 1. The Morgan fingerprint density at radius 3 is 2.67 bits per heavy atom. The molecule has 156 valence electrons. The molecule has 0 spiro atoms. The Labute approximate surface area is 191 Å². The molecule has 0 fully saturated rings. The first kappa shape index (κ1) is 21.5. The van der Waals surface area contributed by atoms with Crippen molar-refractivity contribution in [3.05, 3.63) is 56.8 Å². The first-order chi connectivity index (χ1) is 14.4. The smallest absolute Gasteiger partial charge is 0.262 e. The topological polar surface area (TPSA) is 70.3 Å². The third-order valence-corrected chi connectivity index (χ3v) is 8.01. The van der Waals surface area contributed by atoms with Crippen LogP contribution in [-0.4, -0.2) is 25.8 Å². The van der Waals surface area contributed by atoms with E-state index < -0.39 is 10.1 Å². The average molecular weight is 524 g/mol. The number of aryl methyl sites for hydroxylation is 1. The van der Waals surface area contributed by atoms with Crippen molar-refractivity contribution in [3.8, 4) is 5.75 Å². The molecule has 2 aromatic heterocycles. The summed E-state index contributed by atoms with van der Waals surface area (Å²) in [5, 5.41) is 4.04. The van der Waals surface area contributed by atoms with Crippen LogP contribution in [0.2, 0.25) is 0 Å². The number of ether oxygens (including phenoxy) is 1. The van der Waals surface area contributed by atoms with Gasteiger partial charge in [-0.25, -0.2) is 8.42 Å². The van der Waals surface area contributed by atoms with Crippen LogP contribution in [-0.2, 0) is 16.7 Å². The summed E-state index contributed by atoms with van der Waals surface area (Å²) in [6, 6.07) is 12.0. The zero-order chi connectivity index (χ0) is 21.3. The number of thiazole rings is 1. The van der Waals surface area contributed by atoms with Crippen LogP contribution in [0.15, 0.2) is 46.3 Å². The lowest BCUT2D eigenvalue weighted by Gasteiger charge is -2.05. The SMILES string of the molecule is COc1cc2sc(C=Cc3ccc(Br)cc3)[n+](CCCS(=O)(=O)[O-])c2c2sccc12. The minimum atomic E-state index is -4.24. The van der Waals surface area contributed by atoms with Gasteiger partial charge in [0.05, 0.1) is 17.2 Å². The van der Waals surface area contributed by atoms with E-state index in [2.05, 4.69) is 20.5 Å². The van der Waals surface area contributed by atoms with E-state index in [4.69, 9.17) is 4.74 Å². The van der Waals surface area contributed by atoms with Crippen LogP contribution in [0.5, 0.6) is 5.75 Å². The Balaban J connectivity index is 1.82. The van der Waals surface area contributed by atoms with Crippen LogP contribution in [0.4, 0.5) is 0 Å². The molecule has 5 nitrogen and oxygen atoms in total. The molecule has 2 aromatic carbocycles. The molecule has 0 amide bonds. The number of halogens is 1. The molecule has 0 aliphatic heterocycles. The second kappa shape index (κ2) is 8.76. The largest absolute Gasteiger partial charge is 0.748 e. The van der Waals surface area contributed by atoms with Gasteiger partial charge in [-0.15, -0.1) is 11.3 Å². The predicted octanol–water partition coefficient (Wildman–Crippen LogP) is 5.28. The molecule has 0 aliphatic rings. The second-order valence-corrected chi connectivity index (χ2v) is 11.1. The van der Waals surface area contributed by atoms with Crippen molar-refractivity contribution in [3.63, 3.8) is 0 Å². The molecule has 30 heavy (non-hydrogen) atoms. The van der Waals surface area contributed by atoms with E-state index in [1.165, 1.54) is 0 Å². The van der Waals surface area contributed by atoms with Crippen molar-refractivity contribution in [2.75, 3.05) is 12.9 Å². The summed E-state index contributed by atoms with van der Waals surface area (Å²) in [6.45, 7) is 0.445. The van der Waals surface area contributed by atoms with Gasteiger partial charge in [-0.2, -0.15) is 4.57 Å². The molecule has 0 atom stereocenters. The third kappa shape index (κ3) is 4.60. The van der Waals surface area contributed by atoms with Gasteiger partial charge in [0, 0.05) is 34.2 Å². The number of benzene rings is 2. The van der Waals surface area contributed by atoms with Crippen LogP contribution in [0.25, 0.3) is 32.5 Å². The van der Waals surface area contributed by atoms with Crippen LogP contribution in [0, 0.1) is 0 Å².